The van der Waals surface area contributed by atoms with Gasteiger partial charge in [0, 0.05) is 31.6 Å². The van der Waals surface area contributed by atoms with Crippen LogP contribution in [0.5, 0.6) is 0 Å². The molecule has 2 aromatic carbocycles. The third-order valence-corrected chi connectivity index (χ3v) is 6.35. The van der Waals surface area contributed by atoms with Gasteiger partial charge in [-0.05, 0) is 48.4 Å². The fraction of sp³-hybridized carbons (Fsp3) is 0.522. The molecule has 26 heavy (non-hydrogen) atoms. The number of carbonyl (C=O) groups excluding carboxylic acids is 1. The zero-order chi connectivity index (χ0) is 17.9. The molecule has 138 valence electrons. The molecule has 2 aromatic rings. The Labute approximate surface area is 156 Å². The monoisotopic (exact) mass is 350 g/mol. The first kappa shape index (κ1) is 17.5. The van der Waals surface area contributed by atoms with Crippen molar-refractivity contribution in [3.05, 3.63) is 48.0 Å². The predicted molar refractivity (Wildman–Crippen MR) is 107 cm³/mol. The van der Waals surface area contributed by atoms with Crippen LogP contribution in [0.15, 0.2) is 42.5 Å². The lowest BCUT2D eigenvalue weighted by Crippen LogP contribution is -2.38. The Morgan fingerprint density at radius 2 is 1.88 bits per heavy atom. The fourth-order valence-electron chi connectivity index (χ4n) is 4.83. The largest absolute Gasteiger partial charge is 0.352 e. The Morgan fingerprint density at radius 3 is 2.73 bits per heavy atom. The van der Waals surface area contributed by atoms with Gasteiger partial charge in [0.1, 0.15) is 0 Å². The van der Waals surface area contributed by atoms with E-state index in [2.05, 4.69) is 59.6 Å². The molecule has 1 aliphatic carbocycles. The summed E-state index contributed by atoms with van der Waals surface area (Å²) in [7, 11) is 0. The van der Waals surface area contributed by atoms with Crippen LogP contribution in [0.25, 0.3) is 10.8 Å². The quantitative estimate of drug-likeness (QED) is 0.850. The number of amides is 1. The van der Waals surface area contributed by atoms with Crippen molar-refractivity contribution in [1.29, 1.82) is 0 Å². The Balaban J connectivity index is 1.37. The highest BCUT2D eigenvalue weighted by molar-refractivity contribution is 5.86. The van der Waals surface area contributed by atoms with Crippen LogP contribution in [-0.2, 0) is 4.79 Å². The zero-order valence-corrected chi connectivity index (χ0v) is 15.8. The zero-order valence-electron chi connectivity index (χ0n) is 15.8. The first-order chi connectivity index (χ1) is 12.7. The highest BCUT2D eigenvalue weighted by Crippen LogP contribution is 2.31. The van der Waals surface area contributed by atoms with Crippen molar-refractivity contribution in [3.63, 3.8) is 0 Å². The average molecular weight is 351 g/mol. The van der Waals surface area contributed by atoms with Gasteiger partial charge in [0.2, 0.25) is 5.91 Å². The van der Waals surface area contributed by atoms with Crippen molar-refractivity contribution in [2.75, 3.05) is 13.1 Å². The topological polar surface area (TPSA) is 32.3 Å². The van der Waals surface area contributed by atoms with Gasteiger partial charge in [0.25, 0.3) is 0 Å². The van der Waals surface area contributed by atoms with Gasteiger partial charge in [-0.2, -0.15) is 0 Å². The molecular formula is C23H30N2O. The molecule has 1 heterocycles. The molecule has 0 aromatic heterocycles. The molecule has 0 radical (unpaired) electrons. The molecule has 0 bridgehead atoms. The van der Waals surface area contributed by atoms with Gasteiger partial charge in [-0.1, -0.05) is 55.3 Å². The maximum Gasteiger partial charge on any atom is 0.220 e. The second-order valence-electron chi connectivity index (χ2n) is 8.15. The molecule has 1 aliphatic heterocycles. The Morgan fingerprint density at radius 1 is 1.12 bits per heavy atom. The minimum atomic E-state index is 0.265. The number of hydrogen-bond donors (Lipinski definition) is 1. The summed E-state index contributed by atoms with van der Waals surface area (Å²) in [4.78, 5) is 14.9. The van der Waals surface area contributed by atoms with Crippen molar-refractivity contribution >= 4 is 16.7 Å². The molecule has 3 nitrogen and oxygen atoms in total. The van der Waals surface area contributed by atoms with E-state index in [1.807, 2.05) is 0 Å². The summed E-state index contributed by atoms with van der Waals surface area (Å²) in [5.41, 5.74) is 1.39. The van der Waals surface area contributed by atoms with Crippen LogP contribution < -0.4 is 5.32 Å². The lowest BCUT2D eigenvalue weighted by molar-refractivity contribution is -0.122. The fourth-order valence-corrected chi connectivity index (χ4v) is 4.83. The van der Waals surface area contributed by atoms with Gasteiger partial charge >= 0.3 is 0 Å². The number of fused-ring (bicyclic) bond motifs is 1. The maximum atomic E-state index is 12.3. The summed E-state index contributed by atoms with van der Waals surface area (Å²) in [5, 5.41) is 5.95. The molecule has 1 amide bonds. The first-order valence-electron chi connectivity index (χ1n) is 10.2. The standard InChI is InChI=1S/C23H30N2O/c1-17(21-12-6-10-19-9-4-5-11-22(19)21)25-14-13-20(16-25)24-23(26)15-18-7-2-3-8-18/h4-6,9-12,17-18,20H,2-3,7-8,13-16H2,1H3,(H,24,26)/t17?,20-/m0/s1. The number of carbonyl (C=O) groups is 1. The van der Waals surface area contributed by atoms with E-state index in [4.69, 9.17) is 0 Å². The van der Waals surface area contributed by atoms with Gasteiger partial charge in [0.15, 0.2) is 0 Å². The third-order valence-electron chi connectivity index (χ3n) is 6.35. The van der Waals surface area contributed by atoms with E-state index in [1.165, 1.54) is 42.0 Å². The highest BCUT2D eigenvalue weighted by atomic mass is 16.1. The van der Waals surface area contributed by atoms with Gasteiger partial charge in [-0.15, -0.1) is 0 Å². The SMILES string of the molecule is CC(c1cccc2ccccc12)N1CC[C@H](NC(=O)CC2CCCC2)C1. The number of benzene rings is 2. The summed E-state index contributed by atoms with van der Waals surface area (Å²) >= 11 is 0. The van der Waals surface area contributed by atoms with E-state index < -0.39 is 0 Å². The molecule has 1 saturated carbocycles. The van der Waals surface area contributed by atoms with Crippen LogP contribution in [0.1, 0.15) is 57.1 Å². The lowest BCUT2D eigenvalue weighted by Gasteiger charge is -2.26. The molecule has 1 N–H and O–H groups in total. The van der Waals surface area contributed by atoms with Crippen molar-refractivity contribution in [2.24, 2.45) is 5.92 Å². The van der Waals surface area contributed by atoms with Crippen LogP contribution in [0.3, 0.4) is 0 Å². The molecule has 1 unspecified atom stereocenters. The van der Waals surface area contributed by atoms with Crippen molar-refractivity contribution < 1.29 is 4.79 Å². The van der Waals surface area contributed by atoms with Gasteiger partial charge in [-0.3, -0.25) is 9.69 Å². The van der Waals surface area contributed by atoms with Crippen LogP contribution in [0.2, 0.25) is 0 Å². The van der Waals surface area contributed by atoms with E-state index in [0.29, 0.717) is 18.0 Å². The van der Waals surface area contributed by atoms with Crippen LogP contribution in [-0.4, -0.2) is 29.9 Å². The third kappa shape index (κ3) is 3.78. The normalized spacial score (nSPS) is 22.7. The second-order valence-corrected chi connectivity index (χ2v) is 8.15. The molecule has 4 rings (SSSR count). The molecule has 2 fully saturated rings. The minimum absolute atomic E-state index is 0.265. The van der Waals surface area contributed by atoms with E-state index in [0.717, 1.165) is 25.9 Å². The summed E-state index contributed by atoms with van der Waals surface area (Å²) in [6.07, 6.45) is 6.88. The Bertz CT molecular complexity index is 760. The lowest BCUT2D eigenvalue weighted by atomic mass is 9.99. The highest BCUT2D eigenvalue weighted by Gasteiger charge is 2.29. The number of likely N-dealkylation sites (tertiary alicyclic amines) is 1. The van der Waals surface area contributed by atoms with Gasteiger partial charge in [0.05, 0.1) is 0 Å². The number of nitrogens with one attached hydrogen (secondary N) is 1. The summed E-state index contributed by atoms with van der Waals surface area (Å²) in [6, 6.07) is 15.9. The van der Waals surface area contributed by atoms with E-state index >= 15 is 0 Å². The molecule has 0 spiro atoms. The van der Waals surface area contributed by atoms with E-state index in [9.17, 15) is 4.79 Å². The van der Waals surface area contributed by atoms with E-state index in [1.54, 1.807) is 0 Å². The predicted octanol–water partition coefficient (Wildman–Crippen LogP) is 4.67. The second kappa shape index (κ2) is 7.79. The average Bonchev–Trinajstić information content (AvgIpc) is 3.33. The van der Waals surface area contributed by atoms with Crippen molar-refractivity contribution in [1.82, 2.24) is 10.2 Å². The summed E-state index contributed by atoms with van der Waals surface area (Å²) in [5.74, 6) is 0.892. The maximum absolute atomic E-state index is 12.3. The minimum Gasteiger partial charge on any atom is -0.352 e. The summed E-state index contributed by atoms with van der Waals surface area (Å²) < 4.78 is 0. The molecule has 2 aliphatic rings. The van der Waals surface area contributed by atoms with Crippen molar-refractivity contribution in [2.45, 2.75) is 57.5 Å². The molecule has 3 heteroatoms. The Kier molecular flexibility index (Phi) is 5.26. The number of hydrogen-bond acceptors (Lipinski definition) is 2. The van der Waals surface area contributed by atoms with Crippen LogP contribution >= 0.6 is 0 Å². The molecule has 1 saturated heterocycles. The smallest absolute Gasteiger partial charge is 0.220 e. The Hall–Kier alpha value is -1.87. The number of nitrogens with zero attached hydrogens (tertiary/aromatic N) is 1. The van der Waals surface area contributed by atoms with E-state index in [-0.39, 0.29) is 5.91 Å². The van der Waals surface area contributed by atoms with Gasteiger partial charge in [-0.25, -0.2) is 0 Å². The molecule has 2 atom stereocenters. The van der Waals surface area contributed by atoms with Crippen LogP contribution in [0.4, 0.5) is 0 Å². The van der Waals surface area contributed by atoms with Crippen molar-refractivity contribution in [3.8, 4) is 0 Å². The number of rotatable bonds is 5. The van der Waals surface area contributed by atoms with Crippen LogP contribution in [0, 0.1) is 5.92 Å². The molecular weight excluding hydrogens is 320 g/mol. The van der Waals surface area contributed by atoms with Gasteiger partial charge < -0.3 is 5.32 Å². The first-order valence-corrected chi connectivity index (χ1v) is 10.2. The summed E-state index contributed by atoms with van der Waals surface area (Å²) in [6.45, 7) is 4.31.